The van der Waals surface area contributed by atoms with E-state index in [0.717, 1.165) is 37.0 Å². The molecule has 22 heteroatoms. The molecular formula is C46H51FN12O8S. The van der Waals surface area contributed by atoms with Crippen molar-refractivity contribution in [1.29, 1.82) is 0 Å². The van der Waals surface area contributed by atoms with Crippen LogP contribution in [0.5, 0.6) is 5.75 Å². The van der Waals surface area contributed by atoms with Gasteiger partial charge in [-0.3, -0.25) is 43.7 Å². The third kappa shape index (κ3) is 12.7. The Kier molecular flexibility index (Phi) is 15.9. The zero-order chi connectivity index (χ0) is 48.2. The third-order valence-electron chi connectivity index (χ3n) is 11.1. The van der Waals surface area contributed by atoms with Crippen LogP contribution in [-0.2, 0) is 47.6 Å². The van der Waals surface area contributed by atoms with Gasteiger partial charge >= 0.3 is 0 Å². The van der Waals surface area contributed by atoms with Gasteiger partial charge in [0.25, 0.3) is 17.7 Å². The number of carbonyl (C=O) groups is 6. The standard InChI is InChI=1S/C46H51FN12O8S/c1-67-37-25-30(47)15-17-33(37)42-50-28-51-46(54-42)52-31-11-8-10-29(24-31)27-68(2,66)56-40(62)19-16-32-26-58(57-55-32)23-7-5-3-4-6-14-38(60)49-22-21-48-35-13-9-12-34-41(35)45(65)59(44(34)64)36-18-20-39(61)53-43(36)63/h8-13,15,17,24-26,28,36,48H,3-7,14,16,18-23,27H2,1-2H3,(H,49,60)(H,53,61,63)(H,50,51,52,54). The number of aromatic nitrogens is 6. The molecule has 20 nitrogen and oxygen atoms in total. The highest BCUT2D eigenvalue weighted by atomic mass is 32.2. The number of ether oxygens (including phenoxy) is 1. The Labute approximate surface area is 391 Å². The Morgan fingerprint density at radius 2 is 1.75 bits per heavy atom. The smallest absolute Gasteiger partial charge is 0.264 e. The molecule has 0 spiro atoms. The molecule has 2 aliphatic heterocycles. The Bertz CT molecular complexity index is 2850. The Balaban J connectivity index is 0.759. The molecule has 2 aliphatic rings. The second-order valence-electron chi connectivity index (χ2n) is 16.3. The third-order valence-corrected chi connectivity index (χ3v) is 12.6. The molecule has 4 N–H and O–H groups in total. The summed E-state index contributed by atoms with van der Waals surface area (Å²) < 4.78 is 38.2. The fraction of sp³-hybridized carbons (Fsp3) is 0.370. The van der Waals surface area contributed by atoms with E-state index in [-0.39, 0.29) is 59.6 Å². The maximum Gasteiger partial charge on any atom is 0.264 e. The number of aryl methyl sites for hydroxylation is 2. The van der Waals surface area contributed by atoms with Gasteiger partial charge in [0.1, 0.15) is 23.9 Å². The average Bonchev–Trinajstić information content (AvgIpc) is 3.87. The number of halogens is 1. The normalized spacial score (nSPS) is 15.3. The minimum Gasteiger partial charge on any atom is -0.496 e. The lowest BCUT2D eigenvalue weighted by Gasteiger charge is -2.27. The fourth-order valence-electron chi connectivity index (χ4n) is 7.84. The number of nitrogens with one attached hydrogen (secondary N) is 4. The van der Waals surface area contributed by atoms with Crippen LogP contribution in [-0.4, -0.2) is 107 Å². The van der Waals surface area contributed by atoms with Gasteiger partial charge < -0.3 is 20.7 Å². The second-order valence-corrected chi connectivity index (χ2v) is 18.7. The topological polar surface area (TPSA) is 262 Å². The molecule has 0 radical (unpaired) electrons. The van der Waals surface area contributed by atoms with E-state index in [0.29, 0.717) is 60.7 Å². The number of unbranched alkanes of at least 4 members (excludes halogenated alkanes) is 4. The molecule has 3 aromatic carbocycles. The van der Waals surface area contributed by atoms with Gasteiger partial charge in [0.05, 0.1) is 45.0 Å². The van der Waals surface area contributed by atoms with E-state index in [2.05, 4.69) is 50.9 Å². The summed E-state index contributed by atoms with van der Waals surface area (Å²) in [5.41, 5.74) is 3.17. The van der Waals surface area contributed by atoms with Crippen molar-refractivity contribution in [2.75, 3.05) is 37.1 Å². The minimum absolute atomic E-state index is 0.0285. The SMILES string of the molecule is COc1cc(F)ccc1-c1ncnc(Nc2cccc(CS(C)(=O)=NC(=O)CCc3cn(CCCCCCCC(=O)NCCNc4cccc5c4C(=O)N(C4CCC(=O)NC4=O)C5=O)nn3)c2)n1. The first-order valence-corrected chi connectivity index (χ1v) is 24.2. The predicted molar refractivity (Wildman–Crippen MR) is 247 cm³/mol. The molecule has 0 saturated carbocycles. The lowest BCUT2D eigenvalue weighted by molar-refractivity contribution is -0.136. The average molecular weight is 951 g/mol. The molecule has 2 atom stereocenters. The molecule has 68 heavy (non-hydrogen) atoms. The van der Waals surface area contributed by atoms with E-state index in [1.165, 1.54) is 44.0 Å². The van der Waals surface area contributed by atoms with E-state index in [4.69, 9.17) is 4.74 Å². The summed E-state index contributed by atoms with van der Waals surface area (Å²) in [7, 11) is -1.49. The molecule has 2 aromatic heterocycles. The largest absolute Gasteiger partial charge is 0.496 e. The van der Waals surface area contributed by atoms with Crippen molar-refractivity contribution in [3.05, 3.63) is 101 Å². The lowest BCUT2D eigenvalue weighted by atomic mass is 10.0. The highest BCUT2D eigenvalue weighted by Gasteiger charge is 2.45. The molecule has 1 fully saturated rings. The zero-order valence-electron chi connectivity index (χ0n) is 37.5. The number of carbonyl (C=O) groups excluding carboxylic acids is 6. The number of methoxy groups -OCH3 is 1. The van der Waals surface area contributed by atoms with Crippen LogP contribution in [0.25, 0.3) is 11.4 Å². The van der Waals surface area contributed by atoms with Gasteiger partial charge in [0.2, 0.25) is 23.7 Å². The van der Waals surface area contributed by atoms with Crippen molar-refractivity contribution in [3.63, 3.8) is 0 Å². The molecule has 356 valence electrons. The number of hydrogen-bond acceptors (Lipinski definition) is 15. The first kappa shape index (κ1) is 48.4. The van der Waals surface area contributed by atoms with Crippen molar-refractivity contribution in [3.8, 4) is 17.1 Å². The Morgan fingerprint density at radius 1 is 0.941 bits per heavy atom. The highest BCUT2D eigenvalue weighted by molar-refractivity contribution is 7.92. The fourth-order valence-corrected chi connectivity index (χ4v) is 9.23. The molecule has 0 aliphatic carbocycles. The van der Waals surface area contributed by atoms with Crippen LogP contribution >= 0.6 is 0 Å². The van der Waals surface area contributed by atoms with E-state index in [1.807, 2.05) is 0 Å². The van der Waals surface area contributed by atoms with Crippen LogP contribution in [0.2, 0.25) is 0 Å². The van der Waals surface area contributed by atoms with Gasteiger partial charge in [-0.1, -0.05) is 42.7 Å². The Morgan fingerprint density at radius 3 is 2.57 bits per heavy atom. The maximum absolute atomic E-state index is 13.7. The number of hydrogen-bond donors (Lipinski definition) is 4. The molecule has 5 aromatic rings. The number of anilines is 3. The first-order chi connectivity index (χ1) is 32.8. The molecule has 6 amide bonds. The summed E-state index contributed by atoms with van der Waals surface area (Å²) in [6.45, 7) is 1.25. The van der Waals surface area contributed by atoms with Crippen LogP contribution in [0, 0.1) is 5.82 Å². The molecular weight excluding hydrogens is 900 g/mol. The van der Waals surface area contributed by atoms with Crippen LogP contribution in [0.1, 0.15) is 89.8 Å². The monoisotopic (exact) mass is 950 g/mol. The summed E-state index contributed by atoms with van der Waals surface area (Å²) >= 11 is 0. The zero-order valence-corrected chi connectivity index (χ0v) is 38.4. The van der Waals surface area contributed by atoms with Crippen LogP contribution in [0.3, 0.4) is 0 Å². The van der Waals surface area contributed by atoms with Crippen molar-refractivity contribution >= 4 is 62.5 Å². The maximum atomic E-state index is 13.7. The van der Waals surface area contributed by atoms with Gasteiger partial charge in [0.15, 0.2) is 5.82 Å². The number of piperidine rings is 1. The predicted octanol–water partition coefficient (Wildman–Crippen LogP) is 4.75. The van der Waals surface area contributed by atoms with Crippen molar-refractivity contribution in [2.45, 2.75) is 82.5 Å². The summed E-state index contributed by atoms with van der Waals surface area (Å²) in [6, 6.07) is 14.9. The summed E-state index contributed by atoms with van der Waals surface area (Å²) in [5.74, 6) is -2.52. The number of fused-ring (bicyclic) bond motifs is 1. The van der Waals surface area contributed by atoms with Gasteiger partial charge in [-0.05, 0) is 61.2 Å². The number of benzene rings is 3. The van der Waals surface area contributed by atoms with E-state index < -0.39 is 51.1 Å². The highest BCUT2D eigenvalue weighted by Crippen LogP contribution is 2.33. The van der Waals surface area contributed by atoms with E-state index in [9.17, 15) is 37.4 Å². The van der Waals surface area contributed by atoms with Crippen LogP contribution in [0.4, 0.5) is 21.7 Å². The van der Waals surface area contributed by atoms with Crippen molar-refractivity contribution < 1.29 is 42.1 Å². The van der Waals surface area contributed by atoms with Gasteiger partial charge in [-0.2, -0.15) is 9.35 Å². The van der Waals surface area contributed by atoms with Crippen LogP contribution in [0.15, 0.2) is 77.6 Å². The quantitative estimate of drug-likeness (QED) is 0.0539. The lowest BCUT2D eigenvalue weighted by Crippen LogP contribution is -2.54. The minimum atomic E-state index is -2.92. The number of nitrogens with zero attached hydrogens (tertiary/aromatic N) is 8. The first-order valence-electron chi connectivity index (χ1n) is 22.1. The molecule has 0 bridgehead atoms. The molecule has 1 saturated heterocycles. The summed E-state index contributed by atoms with van der Waals surface area (Å²) in [6.07, 6.45) is 9.67. The van der Waals surface area contributed by atoms with Gasteiger partial charge in [-0.15, -0.1) is 5.10 Å². The number of amides is 6. The van der Waals surface area contributed by atoms with E-state index in [1.54, 1.807) is 47.3 Å². The molecule has 2 unspecified atom stereocenters. The Hall–Kier alpha value is -7.49. The van der Waals surface area contributed by atoms with E-state index >= 15 is 0 Å². The van der Waals surface area contributed by atoms with Gasteiger partial charge in [-0.25, -0.2) is 18.6 Å². The van der Waals surface area contributed by atoms with Gasteiger partial charge in [0, 0.05) is 75.2 Å². The number of imide groups is 2. The molecule has 4 heterocycles. The van der Waals surface area contributed by atoms with Crippen molar-refractivity contribution in [1.82, 2.24) is 45.5 Å². The number of rotatable bonds is 22. The van der Waals surface area contributed by atoms with Crippen LogP contribution < -0.4 is 26.0 Å². The summed E-state index contributed by atoms with van der Waals surface area (Å²) in [5, 5.41) is 19.6. The van der Waals surface area contributed by atoms with Crippen molar-refractivity contribution in [2.24, 2.45) is 4.36 Å². The molecule has 7 rings (SSSR count). The second kappa shape index (κ2) is 22.3. The summed E-state index contributed by atoms with van der Waals surface area (Å²) in [4.78, 5) is 89.3.